The molecule has 4 fully saturated rings. The number of terminal acetylenes is 1. The predicted molar refractivity (Wildman–Crippen MR) is 168 cm³/mol. The summed E-state index contributed by atoms with van der Waals surface area (Å²) in [5.41, 5.74) is 2.09. The Morgan fingerprint density at radius 1 is 1.16 bits per heavy atom. The second-order valence-electron chi connectivity index (χ2n) is 12.3. The van der Waals surface area contributed by atoms with E-state index in [0.717, 1.165) is 50.4 Å². The molecule has 8 nitrogen and oxygen atoms in total. The Morgan fingerprint density at radius 3 is 2.65 bits per heavy atom. The number of nitrogens with zero attached hydrogens (tertiary/aromatic N) is 5. The van der Waals surface area contributed by atoms with Gasteiger partial charge in [0.25, 0.3) is 0 Å². The van der Waals surface area contributed by atoms with E-state index in [0.29, 0.717) is 46.5 Å². The number of aromatic hydroxyl groups is 1. The highest BCUT2D eigenvalue weighted by Gasteiger charge is 2.44. The van der Waals surface area contributed by atoms with E-state index in [1.54, 1.807) is 18.2 Å². The molecule has 2 bridgehead atoms. The number of rotatable bonds is 7. The topological polar surface area (TPSA) is 85.6 Å². The van der Waals surface area contributed by atoms with Gasteiger partial charge in [-0.25, -0.2) is 19.4 Å². The number of ether oxygens (including phenoxy) is 1. The molecule has 4 aliphatic rings. The van der Waals surface area contributed by atoms with Crippen molar-refractivity contribution in [2.75, 3.05) is 39.5 Å². The summed E-state index contributed by atoms with van der Waals surface area (Å²) < 4.78 is 21.0. The van der Waals surface area contributed by atoms with E-state index in [1.807, 2.05) is 12.1 Å². The van der Waals surface area contributed by atoms with Gasteiger partial charge in [-0.1, -0.05) is 12.0 Å². The summed E-state index contributed by atoms with van der Waals surface area (Å²) in [6.45, 7) is 8.79. The average Bonchev–Trinajstić information content (AvgIpc) is 3.70. The first kappa shape index (κ1) is 28.0. The number of amidine groups is 1. The third-order valence-electron chi connectivity index (χ3n) is 9.74. The Kier molecular flexibility index (Phi) is 7.38. The van der Waals surface area contributed by atoms with E-state index in [1.165, 1.54) is 31.7 Å². The summed E-state index contributed by atoms with van der Waals surface area (Å²) in [6.07, 6.45) is 12.9. The molecular weight excluding hydrogens is 543 g/mol. The Bertz CT molecular complexity index is 1630. The molecule has 0 spiro atoms. The first-order valence-corrected chi connectivity index (χ1v) is 15.3. The number of phenols is 1. The summed E-state index contributed by atoms with van der Waals surface area (Å²) in [6, 6.07) is 10.7. The number of halogens is 1. The molecule has 0 amide bonds. The van der Waals surface area contributed by atoms with Gasteiger partial charge in [0.1, 0.15) is 24.1 Å². The van der Waals surface area contributed by atoms with Gasteiger partial charge in [0, 0.05) is 41.7 Å². The molecular formula is C34H37FN6O2. The van der Waals surface area contributed by atoms with Crippen molar-refractivity contribution >= 4 is 29.1 Å². The van der Waals surface area contributed by atoms with Crippen LogP contribution in [0.1, 0.15) is 49.7 Å². The standard InChI is InChI=1S/C34H37FN6O2/c1-3-26-29(35)10-6-22-16-25(42)17-28(31(22)26)30-11-9-27(32(36-2)39-30)33(40-18-23-7-8-24(19-40)38-23)37-21-43-20-34-12-4-14-41(34)15-5-13-34/h1,6,9-11,16-17,23-24,38,42H,2,4-5,7-8,12-15,18-21H2. The minimum Gasteiger partial charge on any atom is -0.508 e. The molecule has 0 saturated carbocycles. The van der Waals surface area contributed by atoms with Crippen LogP contribution in [0.4, 0.5) is 10.2 Å². The van der Waals surface area contributed by atoms with Gasteiger partial charge in [0.2, 0.25) is 0 Å². The molecule has 2 unspecified atom stereocenters. The van der Waals surface area contributed by atoms with Crippen LogP contribution in [-0.2, 0) is 4.74 Å². The van der Waals surface area contributed by atoms with Crippen molar-refractivity contribution in [2.45, 2.75) is 56.1 Å². The molecule has 1 aromatic heterocycles. The summed E-state index contributed by atoms with van der Waals surface area (Å²) in [7, 11) is 0. The summed E-state index contributed by atoms with van der Waals surface area (Å²) in [5, 5.41) is 15.3. The highest BCUT2D eigenvalue weighted by atomic mass is 19.1. The van der Waals surface area contributed by atoms with Crippen LogP contribution in [0.2, 0.25) is 0 Å². The van der Waals surface area contributed by atoms with Crippen molar-refractivity contribution in [3.63, 3.8) is 0 Å². The zero-order chi connectivity index (χ0) is 29.6. The van der Waals surface area contributed by atoms with E-state index in [2.05, 4.69) is 32.7 Å². The lowest BCUT2D eigenvalue weighted by Crippen LogP contribution is -2.53. The lowest BCUT2D eigenvalue weighted by molar-refractivity contribution is 0.0388. The van der Waals surface area contributed by atoms with Gasteiger partial charge in [-0.15, -0.1) is 6.42 Å². The van der Waals surface area contributed by atoms with E-state index in [-0.39, 0.29) is 23.6 Å². The van der Waals surface area contributed by atoms with Gasteiger partial charge in [-0.2, -0.15) is 0 Å². The van der Waals surface area contributed by atoms with Crippen LogP contribution < -0.4 is 5.32 Å². The van der Waals surface area contributed by atoms with Gasteiger partial charge < -0.3 is 20.1 Å². The SMILES string of the molecule is C#Cc1c(F)ccc2cc(O)cc(-c3ccc(C(=NCOCC45CCCN4CCC5)N4CC5CCC(C4)N5)c(N=C)n3)c12. The van der Waals surface area contributed by atoms with E-state index in [4.69, 9.17) is 21.1 Å². The lowest BCUT2D eigenvalue weighted by Gasteiger charge is -2.35. The first-order valence-electron chi connectivity index (χ1n) is 15.3. The number of aliphatic imine (C=N–C) groups is 2. The second-order valence-corrected chi connectivity index (χ2v) is 12.3. The van der Waals surface area contributed by atoms with Crippen LogP contribution in [0.15, 0.2) is 46.4 Å². The smallest absolute Gasteiger partial charge is 0.162 e. The van der Waals surface area contributed by atoms with Gasteiger partial charge in [-0.05, 0) is 94.1 Å². The highest BCUT2D eigenvalue weighted by molar-refractivity contribution is 6.04. The quantitative estimate of drug-likeness (QED) is 0.180. The zero-order valence-electron chi connectivity index (χ0n) is 24.4. The van der Waals surface area contributed by atoms with Crippen molar-refractivity contribution in [3.8, 4) is 29.4 Å². The summed E-state index contributed by atoms with van der Waals surface area (Å²) in [4.78, 5) is 19.1. The van der Waals surface area contributed by atoms with Crippen LogP contribution in [0, 0.1) is 18.2 Å². The van der Waals surface area contributed by atoms with Crippen LogP contribution >= 0.6 is 0 Å². The van der Waals surface area contributed by atoms with Crippen LogP contribution in [-0.4, -0.2) is 89.6 Å². The Labute approximate surface area is 251 Å². The number of pyridine rings is 1. The van der Waals surface area contributed by atoms with Crippen LogP contribution in [0.3, 0.4) is 0 Å². The number of benzene rings is 2. The zero-order valence-corrected chi connectivity index (χ0v) is 24.4. The number of likely N-dealkylation sites (tertiary alicyclic amines) is 1. The third-order valence-corrected chi connectivity index (χ3v) is 9.74. The second kappa shape index (κ2) is 11.3. The van der Waals surface area contributed by atoms with Crippen LogP contribution in [0.25, 0.3) is 22.0 Å². The average molecular weight is 581 g/mol. The van der Waals surface area contributed by atoms with Crippen molar-refractivity contribution in [1.29, 1.82) is 0 Å². The number of hydrogen-bond donors (Lipinski definition) is 2. The molecule has 0 radical (unpaired) electrons. The van der Waals surface area contributed by atoms with Gasteiger partial charge in [-0.3, -0.25) is 4.90 Å². The number of hydrogen-bond acceptors (Lipinski definition) is 7. The van der Waals surface area contributed by atoms with E-state index < -0.39 is 5.82 Å². The minimum atomic E-state index is -0.499. The lowest BCUT2D eigenvalue weighted by atomic mass is 9.95. The van der Waals surface area contributed by atoms with Crippen molar-refractivity contribution in [2.24, 2.45) is 9.98 Å². The molecule has 0 aliphatic carbocycles. The number of fused-ring (bicyclic) bond motifs is 4. The van der Waals surface area contributed by atoms with E-state index in [9.17, 15) is 9.50 Å². The molecule has 222 valence electrons. The number of nitrogens with one attached hydrogen (secondary N) is 1. The number of phenolic OH excluding ortho intramolecular Hbond substituents is 1. The van der Waals surface area contributed by atoms with E-state index >= 15 is 0 Å². The van der Waals surface area contributed by atoms with Crippen molar-refractivity contribution in [3.05, 3.63) is 53.3 Å². The first-order chi connectivity index (χ1) is 21.0. The number of piperazine rings is 1. The molecule has 2 N–H and O–H groups in total. The predicted octanol–water partition coefficient (Wildman–Crippen LogP) is 4.85. The maximum absolute atomic E-state index is 14.7. The Morgan fingerprint density at radius 2 is 1.93 bits per heavy atom. The molecule has 5 heterocycles. The molecule has 2 aromatic carbocycles. The van der Waals surface area contributed by atoms with Gasteiger partial charge in [0.05, 0.1) is 23.4 Å². The van der Waals surface area contributed by atoms with Crippen molar-refractivity contribution in [1.82, 2.24) is 20.1 Å². The fraction of sp³-hybridized carbons (Fsp3) is 0.441. The minimum absolute atomic E-state index is 0.0364. The fourth-order valence-corrected chi connectivity index (χ4v) is 7.79. The molecule has 4 saturated heterocycles. The fourth-order valence-electron chi connectivity index (χ4n) is 7.79. The molecule has 9 heteroatoms. The highest BCUT2D eigenvalue weighted by Crippen LogP contribution is 2.39. The maximum atomic E-state index is 14.7. The Balaban J connectivity index is 1.24. The molecule has 4 aliphatic heterocycles. The van der Waals surface area contributed by atoms with Crippen molar-refractivity contribution < 1.29 is 14.2 Å². The van der Waals surface area contributed by atoms with Gasteiger partial charge >= 0.3 is 0 Å². The van der Waals surface area contributed by atoms with Gasteiger partial charge in [0.15, 0.2) is 5.82 Å². The molecule has 2 atom stereocenters. The monoisotopic (exact) mass is 580 g/mol. The molecule has 7 rings (SSSR count). The Hall–Kier alpha value is -3.84. The molecule has 43 heavy (non-hydrogen) atoms. The summed E-state index contributed by atoms with van der Waals surface area (Å²) in [5.74, 6) is 3.22. The normalized spacial score (nSPS) is 23.1. The molecule has 3 aromatic rings. The largest absolute Gasteiger partial charge is 0.508 e. The third kappa shape index (κ3) is 5.07. The maximum Gasteiger partial charge on any atom is 0.162 e. The number of aromatic nitrogens is 1. The summed E-state index contributed by atoms with van der Waals surface area (Å²) >= 11 is 0. The van der Waals surface area contributed by atoms with Crippen LogP contribution in [0.5, 0.6) is 5.75 Å².